The number of guanidine groups is 1. The number of ether oxygens (including phenoxy) is 1. The van der Waals surface area contributed by atoms with Crippen LogP contribution in [0.3, 0.4) is 0 Å². The Labute approximate surface area is 181 Å². The van der Waals surface area contributed by atoms with Gasteiger partial charge in [0.05, 0.1) is 7.11 Å². The van der Waals surface area contributed by atoms with E-state index < -0.39 is 0 Å². The van der Waals surface area contributed by atoms with Crippen molar-refractivity contribution in [2.24, 2.45) is 10.9 Å². The Bertz CT molecular complexity index is 806. The lowest BCUT2D eigenvalue weighted by atomic mass is 10.1. The van der Waals surface area contributed by atoms with Crippen LogP contribution >= 0.6 is 0 Å². The summed E-state index contributed by atoms with van der Waals surface area (Å²) in [4.78, 5) is 6.96. The van der Waals surface area contributed by atoms with E-state index in [1.165, 1.54) is 36.2 Å². The molecule has 1 saturated heterocycles. The van der Waals surface area contributed by atoms with Crippen LogP contribution in [0.25, 0.3) is 0 Å². The number of benzene rings is 2. The second kappa shape index (κ2) is 11.6. The van der Waals surface area contributed by atoms with E-state index in [0.29, 0.717) is 5.92 Å². The van der Waals surface area contributed by atoms with E-state index in [-0.39, 0.29) is 0 Å². The number of rotatable bonds is 9. The Morgan fingerprint density at radius 3 is 2.70 bits per heavy atom. The van der Waals surface area contributed by atoms with Crippen LogP contribution < -0.4 is 15.4 Å². The maximum Gasteiger partial charge on any atom is 0.190 e. The predicted molar refractivity (Wildman–Crippen MR) is 125 cm³/mol. The Hall–Kier alpha value is -2.53. The fourth-order valence-electron chi connectivity index (χ4n) is 4.02. The van der Waals surface area contributed by atoms with E-state index in [9.17, 15) is 0 Å². The summed E-state index contributed by atoms with van der Waals surface area (Å²) in [7, 11) is 3.56. The second-order valence-electron chi connectivity index (χ2n) is 8.12. The molecule has 2 aromatic rings. The zero-order valence-corrected chi connectivity index (χ0v) is 18.7. The van der Waals surface area contributed by atoms with Gasteiger partial charge in [-0.25, -0.2) is 0 Å². The lowest BCUT2D eigenvalue weighted by Crippen LogP contribution is -2.41. The Morgan fingerprint density at radius 1 is 1.10 bits per heavy atom. The SMILES string of the molecule is CN=C(NCCc1ccc(C)c(OC)c1)NCC1CCN(CCc2ccccc2)C1. The van der Waals surface area contributed by atoms with Gasteiger partial charge in [-0.3, -0.25) is 4.99 Å². The lowest BCUT2D eigenvalue weighted by molar-refractivity contribution is 0.328. The maximum atomic E-state index is 5.42. The molecule has 0 amide bonds. The number of methoxy groups -OCH3 is 1. The molecule has 0 radical (unpaired) electrons. The van der Waals surface area contributed by atoms with E-state index in [1.54, 1.807) is 7.11 Å². The quantitative estimate of drug-likeness (QED) is 0.494. The summed E-state index contributed by atoms with van der Waals surface area (Å²) >= 11 is 0. The van der Waals surface area contributed by atoms with Gasteiger partial charge in [0.1, 0.15) is 5.75 Å². The number of hydrogen-bond acceptors (Lipinski definition) is 3. The Morgan fingerprint density at radius 2 is 1.93 bits per heavy atom. The summed E-state index contributed by atoms with van der Waals surface area (Å²) in [5, 5.41) is 6.95. The third-order valence-electron chi connectivity index (χ3n) is 5.89. The fraction of sp³-hybridized carbons (Fsp3) is 0.480. The average molecular weight is 409 g/mol. The van der Waals surface area contributed by atoms with E-state index in [4.69, 9.17) is 4.74 Å². The summed E-state index contributed by atoms with van der Waals surface area (Å²) < 4.78 is 5.42. The highest BCUT2D eigenvalue weighted by molar-refractivity contribution is 5.79. The van der Waals surface area contributed by atoms with Crippen molar-refractivity contribution in [1.82, 2.24) is 15.5 Å². The van der Waals surface area contributed by atoms with Crippen LogP contribution in [-0.2, 0) is 12.8 Å². The molecule has 0 saturated carbocycles. The van der Waals surface area contributed by atoms with Gasteiger partial charge in [-0.15, -0.1) is 0 Å². The second-order valence-corrected chi connectivity index (χ2v) is 8.12. The Kier molecular flexibility index (Phi) is 8.57. The van der Waals surface area contributed by atoms with Gasteiger partial charge < -0.3 is 20.3 Å². The number of aryl methyl sites for hydroxylation is 1. The first-order chi connectivity index (χ1) is 14.7. The van der Waals surface area contributed by atoms with Crippen molar-refractivity contribution in [2.45, 2.75) is 26.2 Å². The summed E-state index contributed by atoms with van der Waals surface area (Å²) in [6.07, 6.45) is 3.32. The number of aliphatic imine (C=N–C) groups is 1. The largest absolute Gasteiger partial charge is 0.496 e. The van der Waals surface area contributed by atoms with E-state index >= 15 is 0 Å². The zero-order chi connectivity index (χ0) is 21.2. The standard InChI is InChI=1S/C25H36N4O/c1-20-9-10-22(17-24(20)30-3)11-14-27-25(26-2)28-18-23-13-16-29(19-23)15-12-21-7-5-4-6-8-21/h4-10,17,23H,11-16,18-19H2,1-3H3,(H2,26,27,28). The smallest absolute Gasteiger partial charge is 0.190 e. The summed E-state index contributed by atoms with van der Waals surface area (Å²) in [6.45, 7) is 7.39. The van der Waals surface area contributed by atoms with Crippen LogP contribution in [0.1, 0.15) is 23.1 Å². The molecule has 5 nitrogen and oxygen atoms in total. The molecule has 2 N–H and O–H groups in total. The van der Waals surface area contributed by atoms with Crippen molar-refractivity contribution in [3.05, 3.63) is 65.2 Å². The van der Waals surface area contributed by atoms with Gasteiger partial charge in [0.2, 0.25) is 0 Å². The molecule has 3 rings (SSSR count). The molecule has 2 aromatic carbocycles. The van der Waals surface area contributed by atoms with E-state index in [1.807, 2.05) is 7.05 Å². The van der Waals surface area contributed by atoms with Crippen molar-refractivity contribution in [3.63, 3.8) is 0 Å². The van der Waals surface area contributed by atoms with Crippen LogP contribution in [0, 0.1) is 12.8 Å². The molecule has 0 spiro atoms. The molecule has 162 valence electrons. The Balaban J connectivity index is 1.34. The molecule has 5 heteroatoms. The monoisotopic (exact) mass is 408 g/mol. The van der Waals surface area contributed by atoms with Gasteiger partial charge in [-0.05, 0) is 61.4 Å². The highest BCUT2D eigenvalue weighted by Crippen LogP contribution is 2.19. The van der Waals surface area contributed by atoms with Gasteiger partial charge >= 0.3 is 0 Å². The molecular weight excluding hydrogens is 372 g/mol. The zero-order valence-electron chi connectivity index (χ0n) is 18.7. The first kappa shape index (κ1) is 22.2. The van der Waals surface area contributed by atoms with Crippen molar-refractivity contribution in [1.29, 1.82) is 0 Å². The molecule has 0 aliphatic carbocycles. The van der Waals surface area contributed by atoms with Crippen molar-refractivity contribution >= 4 is 5.96 Å². The average Bonchev–Trinajstić information content (AvgIpc) is 3.24. The first-order valence-corrected chi connectivity index (χ1v) is 11.0. The molecule has 1 heterocycles. The van der Waals surface area contributed by atoms with Gasteiger partial charge in [-0.1, -0.05) is 42.5 Å². The van der Waals surface area contributed by atoms with Gasteiger partial charge in [-0.2, -0.15) is 0 Å². The maximum absolute atomic E-state index is 5.42. The predicted octanol–water partition coefficient (Wildman–Crippen LogP) is 3.28. The summed E-state index contributed by atoms with van der Waals surface area (Å²) in [6, 6.07) is 17.2. The van der Waals surface area contributed by atoms with Crippen molar-refractivity contribution in [3.8, 4) is 5.75 Å². The van der Waals surface area contributed by atoms with Gasteiger partial charge in [0.15, 0.2) is 5.96 Å². The topological polar surface area (TPSA) is 48.9 Å². The molecule has 0 bridgehead atoms. The van der Waals surface area contributed by atoms with Crippen LogP contribution in [0.5, 0.6) is 5.75 Å². The lowest BCUT2D eigenvalue weighted by Gasteiger charge is -2.17. The molecule has 1 fully saturated rings. The van der Waals surface area contributed by atoms with Crippen LogP contribution in [0.4, 0.5) is 0 Å². The van der Waals surface area contributed by atoms with Gasteiger partial charge in [0.25, 0.3) is 0 Å². The summed E-state index contributed by atoms with van der Waals surface area (Å²) in [5.74, 6) is 2.52. The number of nitrogens with zero attached hydrogens (tertiary/aromatic N) is 2. The van der Waals surface area contributed by atoms with Crippen LogP contribution in [0.2, 0.25) is 0 Å². The van der Waals surface area contributed by atoms with Crippen molar-refractivity contribution < 1.29 is 4.74 Å². The minimum absolute atomic E-state index is 0.681. The molecule has 30 heavy (non-hydrogen) atoms. The highest BCUT2D eigenvalue weighted by Gasteiger charge is 2.22. The van der Waals surface area contributed by atoms with E-state index in [2.05, 4.69) is 76.0 Å². The van der Waals surface area contributed by atoms with Crippen LogP contribution in [0.15, 0.2) is 53.5 Å². The summed E-state index contributed by atoms with van der Waals surface area (Å²) in [5.41, 5.74) is 3.86. The minimum Gasteiger partial charge on any atom is -0.496 e. The molecule has 0 aromatic heterocycles. The minimum atomic E-state index is 0.681. The van der Waals surface area contributed by atoms with Gasteiger partial charge in [0, 0.05) is 33.2 Å². The molecule has 1 aliphatic heterocycles. The normalized spacial score (nSPS) is 17.2. The highest BCUT2D eigenvalue weighted by atomic mass is 16.5. The third kappa shape index (κ3) is 6.77. The third-order valence-corrected chi connectivity index (χ3v) is 5.89. The molecule has 1 aliphatic rings. The molecule has 1 unspecified atom stereocenters. The van der Waals surface area contributed by atoms with Crippen LogP contribution in [-0.4, -0.2) is 57.7 Å². The first-order valence-electron chi connectivity index (χ1n) is 11.0. The van der Waals surface area contributed by atoms with Crippen molar-refractivity contribution in [2.75, 3.05) is 46.9 Å². The fourth-order valence-corrected chi connectivity index (χ4v) is 4.02. The molecular formula is C25H36N4O. The number of hydrogen-bond donors (Lipinski definition) is 2. The number of likely N-dealkylation sites (tertiary alicyclic amines) is 1. The number of nitrogens with one attached hydrogen (secondary N) is 2. The molecule has 1 atom stereocenters. The van der Waals surface area contributed by atoms with E-state index in [0.717, 1.165) is 44.2 Å².